The summed E-state index contributed by atoms with van der Waals surface area (Å²) in [7, 11) is 0. The molecule has 17 heavy (non-hydrogen) atoms. The van der Waals surface area contributed by atoms with Crippen molar-refractivity contribution in [1.29, 1.82) is 0 Å². The maximum Gasteiger partial charge on any atom is 0.123 e. The summed E-state index contributed by atoms with van der Waals surface area (Å²) < 4.78 is 2.16. The first-order valence-electron chi connectivity index (χ1n) is 5.52. The van der Waals surface area contributed by atoms with E-state index in [0.29, 0.717) is 5.82 Å². The lowest BCUT2D eigenvalue weighted by Gasteiger charge is -2.07. The average Bonchev–Trinajstić information content (AvgIpc) is 2.79. The Morgan fingerprint density at radius 3 is 2.94 bits per heavy atom. The molecular weight excluding hydrogens is 232 g/mol. The number of aryl methyl sites for hydroxylation is 1. The molecule has 0 fully saturated rings. The topological polar surface area (TPSA) is 56.7 Å². The van der Waals surface area contributed by atoms with E-state index in [-0.39, 0.29) is 0 Å². The second-order valence-electron chi connectivity index (χ2n) is 3.79. The molecule has 2 N–H and O–H groups in total. The quantitative estimate of drug-likeness (QED) is 0.825. The van der Waals surface area contributed by atoms with Crippen LogP contribution in [-0.4, -0.2) is 26.5 Å². The summed E-state index contributed by atoms with van der Waals surface area (Å²) in [5, 5.41) is 0. The highest BCUT2D eigenvalue weighted by Crippen LogP contribution is 2.19. The van der Waals surface area contributed by atoms with Gasteiger partial charge >= 0.3 is 0 Å². The van der Waals surface area contributed by atoms with E-state index in [1.807, 2.05) is 36.4 Å². The Hall–Kier alpha value is -1.49. The zero-order valence-electron chi connectivity index (χ0n) is 9.84. The van der Waals surface area contributed by atoms with Crippen LogP contribution in [0.15, 0.2) is 30.9 Å². The number of hydrogen-bond acceptors (Lipinski definition) is 4. The molecule has 0 saturated heterocycles. The Bertz CT molecular complexity index is 464. The van der Waals surface area contributed by atoms with Crippen LogP contribution in [0.3, 0.4) is 0 Å². The van der Waals surface area contributed by atoms with E-state index in [2.05, 4.69) is 20.8 Å². The number of nitrogens with two attached hydrogens (primary N) is 1. The van der Waals surface area contributed by atoms with E-state index in [4.69, 9.17) is 5.73 Å². The van der Waals surface area contributed by atoms with Gasteiger partial charge < -0.3 is 10.3 Å². The largest absolute Gasteiger partial charge is 0.384 e. The van der Waals surface area contributed by atoms with E-state index in [0.717, 1.165) is 30.0 Å². The molecule has 0 saturated carbocycles. The van der Waals surface area contributed by atoms with Gasteiger partial charge in [-0.05, 0) is 30.6 Å². The van der Waals surface area contributed by atoms with Gasteiger partial charge in [0.05, 0.1) is 18.2 Å². The number of pyridine rings is 1. The Morgan fingerprint density at radius 2 is 2.24 bits per heavy atom. The number of nitrogens with zero attached hydrogens (tertiary/aromatic N) is 3. The molecule has 0 unspecified atom stereocenters. The van der Waals surface area contributed by atoms with E-state index in [1.54, 1.807) is 6.20 Å². The summed E-state index contributed by atoms with van der Waals surface area (Å²) in [6.45, 7) is 0.987. The Labute approximate surface area is 105 Å². The van der Waals surface area contributed by atoms with E-state index < -0.39 is 0 Å². The van der Waals surface area contributed by atoms with Crippen molar-refractivity contribution in [2.45, 2.75) is 13.0 Å². The number of anilines is 1. The fourth-order valence-electron chi connectivity index (χ4n) is 1.68. The van der Waals surface area contributed by atoms with Gasteiger partial charge in [0.25, 0.3) is 0 Å². The van der Waals surface area contributed by atoms with E-state index in [9.17, 15) is 0 Å². The van der Waals surface area contributed by atoms with Crippen LogP contribution in [0.1, 0.15) is 6.42 Å². The molecule has 0 bridgehead atoms. The van der Waals surface area contributed by atoms with Crippen LogP contribution in [0.4, 0.5) is 5.82 Å². The maximum atomic E-state index is 5.58. The van der Waals surface area contributed by atoms with Crippen LogP contribution in [0.25, 0.3) is 11.3 Å². The number of nitrogen functional groups attached to an aromatic ring is 1. The Morgan fingerprint density at radius 1 is 1.35 bits per heavy atom. The molecule has 2 rings (SSSR count). The SMILES string of the molecule is CSCCCn1cncc1-c1ccc(N)nc1. The van der Waals surface area contributed by atoms with Crippen molar-refractivity contribution in [3.8, 4) is 11.3 Å². The van der Waals surface area contributed by atoms with E-state index in [1.165, 1.54) is 0 Å². The third-order valence-electron chi connectivity index (χ3n) is 2.54. The number of rotatable bonds is 5. The van der Waals surface area contributed by atoms with Gasteiger partial charge in [-0.3, -0.25) is 0 Å². The first-order chi connectivity index (χ1) is 8.31. The van der Waals surface area contributed by atoms with Crippen molar-refractivity contribution >= 4 is 17.6 Å². The molecule has 2 aromatic rings. The van der Waals surface area contributed by atoms with Gasteiger partial charge in [0, 0.05) is 18.3 Å². The molecule has 0 aromatic carbocycles. The molecule has 90 valence electrons. The molecule has 0 aliphatic carbocycles. The molecule has 0 radical (unpaired) electrons. The van der Waals surface area contributed by atoms with Gasteiger partial charge in [-0.2, -0.15) is 11.8 Å². The first kappa shape index (κ1) is 12.0. The minimum absolute atomic E-state index is 0.544. The number of hydrogen-bond donors (Lipinski definition) is 1. The number of imidazole rings is 1. The summed E-state index contributed by atoms with van der Waals surface area (Å²) >= 11 is 1.86. The summed E-state index contributed by atoms with van der Waals surface area (Å²) in [6.07, 6.45) is 8.79. The lowest BCUT2D eigenvalue weighted by Crippen LogP contribution is -2.00. The van der Waals surface area contributed by atoms with Gasteiger partial charge in [0.15, 0.2) is 0 Å². The first-order valence-corrected chi connectivity index (χ1v) is 6.91. The second-order valence-corrected chi connectivity index (χ2v) is 4.78. The Kier molecular flexibility index (Phi) is 4.03. The predicted molar refractivity (Wildman–Crippen MR) is 72.9 cm³/mol. The molecule has 0 aliphatic heterocycles. The van der Waals surface area contributed by atoms with Crippen LogP contribution in [0, 0.1) is 0 Å². The monoisotopic (exact) mass is 248 g/mol. The minimum Gasteiger partial charge on any atom is -0.384 e. The van der Waals surface area contributed by atoms with Gasteiger partial charge in [0.1, 0.15) is 5.82 Å². The molecule has 2 heterocycles. The van der Waals surface area contributed by atoms with Crippen LogP contribution in [0.5, 0.6) is 0 Å². The summed E-state index contributed by atoms with van der Waals surface area (Å²) in [4.78, 5) is 8.30. The number of aromatic nitrogens is 3. The summed E-state index contributed by atoms with van der Waals surface area (Å²) in [5.41, 5.74) is 7.73. The minimum atomic E-state index is 0.544. The zero-order chi connectivity index (χ0) is 12.1. The van der Waals surface area contributed by atoms with E-state index >= 15 is 0 Å². The normalized spacial score (nSPS) is 10.6. The van der Waals surface area contributed by atoms with Crippen molar-refractivity contribution < 1.29 is 0 Å². The molecular formula is C12H16N4S. The van der Waals surface area contributed by atoms with Gasteiger partial charge in [-0.15, -0.1) is 0 Å². The molecule has 4 nitrogen and oxygen atoms in total. The highest BCUT2D eigenvalue weighted by atomic mass is 32.2. The van der Waals surface area contributed by atoms with Gasteiger partial charge in [-0.1, -0.05) is 0 Å². The van der Waals surface area contributed by atoms with Crippen molar-refractivity contribution in [3.63, 3.8) is 0 Å². The lowest BCUT2D eigenvalue weighted by atomic mass is 10.2. The van der Waals surface area contributed by atoms with Crippen molar-refractivity contribution in [1.82, 2.24) is 14.5 Å². The Balaban J connectivity index is 2.15. The smallest absolute Gasteiger partial charge is 0.123 e. The standard InChI is InChI=1S/C12H16N4S/c1-17-6-2-5-16-9-14-8-11(16)10-3-4-12(13)15-7-10/h3-4,7-9H,2,5-6H2,1H3,(H2,13,15). The molecule has 0 amide bonds. The highest BCUT2D eigenvalue weighted by molar-refractivity contribution is 7.98. The van der Waals surface area contributed by atoms with Crippen LogP contribution >= 0.6 is 11.8 Å². The third-order valence-corrected chi connectivity index (χ3v) is 3.24. The lowest BCUT2D eigenvalue weighted by molar-refractivity contribution is 0.689. The fraction of sp³-hybridized carbons (Fsp3) is 0.333. The zero-order valence-corrected chi connectivity index (χ0v) is 10.7. The van der Waals surface area contributed by atoms with Crippen molar-refractivity contribution in [3.05, 3.63) is 30.9 Å². The van der Waals surface area contributed by atoms with Crippen LogP contribution in [-0.2, 0) is 6.54 Å². The molecule has 2 aromatic heterocycles. The molecule has 0 atom stereocenters. The van der Waals surface area contributed by atoms with Gasteiger partial charge in [0.2, 0.25) is 0 Å². The predicted octanol–water partition coefficient (Wildman–Crippen LogP) is 2.28. The van der Waals surface area contributed by atoms with Crippen molar-refractivity contribution in [2.24, 2.45) is 0 Å². The molecule has 5 heteroatoms. The summed E-state index contributed by atoms with van der Waals surface area (Å²) in [5.74, 6) is 1.71. The van der Waals surface area contributed by atoms with Crippen molar-refractivity contribution in [2.75, 3.05) is 17.7 Å². The molecule has 0 spiro atoms. The summed E-state index contributed by atoms with van der Waals surface area (Å²) in [6, 6.07) is 3.79. The fourth-order valence-corrected chi connectivity index (χ4v) is 2.09. The van der Waals surface area contributed by atoms with Gasteiger partial charge in [-0.25, -0.2) is 9.97 Å². The maximum absolute atomic E-state index is 5.58. The highest BCUT2D eigenvalue weighted by Gasteiger charge is 2.04. The molecule has 0 aliphatic rings. The second kappa shape index (κ2) is 5.72. The van der Waals surface area contributed by atoms with Crippen LogP contribution in [0.2, 0.25) is 0 Å². The number of thioether (sulfide) groups is 1. The average molecular weight is 248 g/mol. The third kappa shape index (κ3) is 3.00. The van der Waals surface area contributed by atoms with Crippen LogP contribution < -0.4 is 5.73 Å².